The molecule has 0 bridgehead atoms. The summed E-state index contributed by atoms with van der Waals surface area (Å²) >= 11 is 0. The maximum atomic E-state index is 14.1. The van der Waals surface area contributed by atoms with E-state index in [-0.39, 0.29) is 27.6 Å². The molecule has 1 aliphatic heterocycles. The first kappa shape index (κ1) is 47.1. The maximum Gasteiger partial charge on any atom is 0.226 e. The third kappa shape index (κ3) is 10.6. The number of anilines is 7. The summed E-state index contributed by atoms with van der Waals surface area (Å²) in [5.74, 6) is 0.168. The molecule has 1 amide bonds. The molecular weight excluding hydrogens is 815 g/mol. The largest absolute Gasteiger partial charge is 0.312 e. The molecule has 4 heteroatoms. The predicted molar refractivity (Wildman–Crippen MR) is 288 cm³/mol. The number of piperidine rings is 1. The molecule has 7 aromatic rings. The average molecular weight is 886 g/mol. The van der Waals surface area contributed by atoms with Gasteiger partial charge in [-0.2, -0.15) is 0 Å². The molecule has 1 heterocycles. The number of nitrogens with zero attached hydrogens (tertiary/aromatic N) is 3. The minimum Gasteiger partial charge on any atom is -0.312 e. The Kier molecular flexibility index (Phi) is 12.9. The Hall–Kier alpha value is -6.39. The van der Waals surface area contributed by atoms with Gasteiger partial charge in [0.05, 0.1) is 11.4 Å². The molecule has 8 rings (SSSR count). The van der Waals surface area contributed by atoms with E-state index >= 15 is 0 Å². The van der Waals surface area contributed by atoms with E-state index in [2.05, 4.69) is 257 Å². The molecule has 7 aromatic carbocycles. The summed E-state index contributed by atoms with van der Waals surface area (Å²) in [6, 6.07) is 60.3. The maximum absolute atomic E-state index is 14.1. The Labute approximate surface area is 402 Å². The SMILES string of the molecule is CC(C)(C)c1cc(N(c2ccc(-c3ccccc3)cc2)c2cc(N3CCCCC3=O)cc(N(c3ccc(-c4ccccc4)cc3)c3cc(C(C)(C)C)cc(C(C)(C)C)c3)c2)cc(C(C)(C)C)c1. The van der Waals surface area contributed by atoms with Gasteiger partial charge in [-0.3, -0.25) is 4.79 Å². The van der Waals surface area contributed by atoms with Crippen molar-refractivity contribution >= 4 is 45.7 Å². The zero-order valence-corrected chi connectivity index (χ0v) is 42.2. The summed E-state index contributed by atoms with van der Waals surface area (Å²) in [7, 11) is 0. The summed E-state index contributed by atoms with van der Waals surface area (Å²) in [4.78, 5) is 21.0. The Bertz CT molecular complexity index is 2590. The topological polar surface area (TPSA) is 26.8 Å². The van der Waals surface area contributed by atoms with E-state index in [0.29, 0.717) is 13.0 Å². The van der Waals surface area contributed by atoms with Gasteiger partial charge in [-0.05, 0) is 146 Å². The third-order valence-corrected chi connectivity index (χ3v) is 13.3. The summed E-state index contributed by atoms with van der Waals surface area (Å²) in [6.07, 6.45) is 2.41. The Balaban J connectivity index is 1.44. The average Bonchev–Trinajstić information content (AvgIpc) is 3.29. The van der Waals surface area contributed by atoms with Gasteiger partial charge in [-0.25, -0.2) is 0 Å². The molecule has 0 unspecified atom stereocenters. The van der Waals surface area contributed by atoms with Crippen LogP contribution < -0.4 is 14.7 Å². The first-order valence-electron chi connectivity index (χ1n) is 24.3. The van der Waals surface area contributed by atoms with Crippen LogP contribution in [-0.4, -0.2) is 12.5 Å². The van der Waals surface area contributed by atoms with Gasteiger partial charge >= 0.3 is 0 Å². The molecule has 67 heavy (non-hydrogen) atoms. The van der Waals surface area contributed by atoms with E-state index in [1.54, 1.807) is 0 Å². The highest BCUT2D eigenvalue weighted by Crippen LogP contribution is 2.47. The van der Waals surface area contributed by atoms with E-state index in [9.17, 15) is 4.79 Å². The van der Waals surface area contributed by atoms with Crippen molar-refractivity contribution in [2.24, 2.45) is 0 Å². The monoisotopic (exact) mass is 886 g/mol. The van der Waals surface area contributed by atoms with Crippen LogP contribution in [0, 0.1) is 0 Å². The van der Waals surface area contributed by atoms with Gasteiger partial charge in [0, 0.05) is 41.4 Å². The summed E-state index contributed by atoms with van der Waals surface area (Å²) < 4.78 is 0. The third-order valence-electron chi connectivity index (χ3n) is 13.3. The number of hydrogen-bond acceptors (Lipinski definition) is 3. The Morgan fingerprint density at radius 2 is 0.687 bits per heavy atom. The van der Waals surface area contributed by atoms with E-state index in [1.807, 2.05) is 4.90 Å². The molecule has 0 aromatic heterocycles. The van der Waals surface area contributed by atoms with Crippen LogP contribution in [0.25, 0.3) is 22.3 Å². The van der Waals surface area contributed by atoms with E-state index in [0.717, 1.165) is 63.8 Å². The van der Waals surface area contributed by atoms with Crippen molar-refractivity contribution < 1.29 is 4.79 Å². The predicted octanol–water partition coefficient (Wildman–Crippen LogP) is 17.7. The summed E-state index contributed by atoms with van der Waals surface area (Å²) in [5.41, 5.74) is 16.5. The van der Waals surface area contributed by atoms with Gasteiger partial charge < -0.3 is 14.7 Å². The van der Waals surface area contributed by atoms with Crippen LogP contribution in [0.2, 0.25) is 0 Å². The van der Waals surface area contributed by atoms with Crippen LogP contribution in [0.4, 0.5) is 39.8 Å². The number of benzene rings is 7. The highest BCUT2D eigenvalue weighted by molar-refractivity contribution is 5.97. The fraction of sp³-hybridized carbons (Fsp3) is 0.317. The second-order valence-electron chi connectivity index (χ2n) is 22.7. The molecule has 0 saturated carbocycles. The molecule has 0 N–H and O–H groups in total. The van der Waals surface area contributed by atoms with Crippen molar-refractivity contribution in [2.75, 3.05) is 21.2 Å². The Morgan fingerprint density at radius 1 is 0.358 bits per heavy atom. The van der Waals surface area contributed by atoms with Gasteiger partial charge in [0.15, 0.2) is 0 Å². The van der Waals surface area contributed by atoms with Gasteiger partial charge in [-0.1, -0.05) is 180 Å². The molecule has 1 saturated heterocycles. The minimum atomic E-state index is -0.0996. The van der Waals surface area contributed by atoms with Crippen molar-refractivity contribution in [1.82, 2.24) is 0 Å². The lowest BCUT2D eigenvalue weighted by atomic mass is 9.80. The molecule has 344 valence electrons. The minimum absolute atomic E-state index is 0.0996. The van der Waals surface area contributed by atoms with Gasteiger partial charge in [0.1, 0.15) is 0 Å². The van der Waals surface area contributed by atoms with Gasteiger partial charge in [0.25, 0.3) is 0 Å². The second-order valence-corrected chi connectivity index (χ2v) is 22.7. The van der Waals surface area contributed by atoms with Crippen LogP contribution in [0.3, 0.4) is 0 Å². The van der Waals surface area contributed by atoms with Crippen molar-refractivity contribution in [3.05, 3.63) is 186 Å². The molecule has 0 spiro atoms. The summed E-state index contributed by atoms with van der Waals surface area (Å²) in [5, 5.41) is 0. The zero-order chi connectivity index (χ0) is 47.9. The quantitative estimate of drug-likeness (QED) is 0.144. The zero-order valence-electron chi connectivity index (χ0n) is 42.2. The van der Waals surface area contributed by atoms with Crippen LogP contribution in [0.1, 0.15) is 125 Å². The van der Waals surface area contributed by atoms with Crippen molar-refractivity contribution in [1.29, 1.82) is 0 Å². The van der Waals surface area contributed by atoms with Crippen molar-refractivity contribution in [2.45, 2.75) is 124 Å². The summed E-state index contributed by atoms with van der Waals surface area (Å²) in [6.45, 7) is 28.3. The number of carbonyl (C=O) groups excluding carboxylic acids is 1. The smallest absolute Gasteiger partial charge is 0.226 e. The van der Waals surface area contributed by atoms with Gasteiger partial charge in [-0.15, -0.1) is 0 Å². The fourth-order valence-corrected chi connectivity index (χ4v) is 9.05. The van der Waals surface area contributed by atoms with E-state index < -0.39 is 0 Å². The Morgan fingerprint density at radius 3 is 1.01 bits per heavy atom. The lowest BCUT2D eigenvalue weighted by molar-refractivity contribution is -0.119. The van der Waals surface area contributed by atoms with Crippen LogP contribution >= 0.6 is 0 Å². The number of rotatable bonds is 9. The van der Waals surface area contributed by atoms with E-state index in [4.69, 9.17) is 0 Å². The number of carbonyl (C=O) groups is 1. The fourth-order valence-electron chi connectivity index (χ4n) is 9.05. The molecule has 0 aliphatic carbocycles. The number of hydrogen-bond donors (Lipinski definition) is 0. The molecule has 1 aliphatic rings. The number of amides is 1. The lowest BCUT2D eigenvalue weighted by Crippen LogP contribution is -2.35. The first-order chi connectivity index (χ1) is 31.6. The standard InChI is InChI=1S/C63H71N3O/c1-60(2,3)48-35-49(61(4,5)6)38-55(37-48)65(52-30-26-46(27-31-52)44-21-15-13-16-22-44)57-41-54(64-34-20-19-25-59(64)67)42-58(43-57)66(53-32-28-47(29-33-53)45-23-17-14-18-24-45)56-39-50(62(7,8)9)36-51(40-56)63(10,11)12/h13-18,21-24,26-33,35-43H,19-20,25,34H2,1-12H3. The van der Waals surface area contributed by atoms with Crippen molar-refractivity contribution in [3.8, 4) is 22.3 Å². The van der Waals surface area contributed by atoms with Crippen LogP contribution in [0.5, 0.6) is 0 Å². The van der Waals surface area contributed by atoms with E-state index in [1.165, 1.54) is 33.4 Å². The second kappa shape index (κ2) is 18.4. The molecule has 1 fully saturated rings. The normalized spacial score (nSPS) is 13.7. The van der Waals surface area contributed by atoms with Crippen molar-refractivity contribution in [3.63, 3.8) is 0 Å². The molecular formula is C63H71N3O. The molecule has 0 radical (unpaired) electrons. The van der Waals surface area contributed by atoms with Gasteiger partial charge in [0.2, 0.25) is 5.91 Å². The highest BCUT2D eigenvalue weighted by atomic mass is 16.2. The molecule has 4 nitrogen and oxygen atoms in total. The molecule has 0 atom stereocenters. The lowest BCUT2D eigenvalue weighted by Gasteiger charge is -2.35. The van der Waals surface area contributed by atoms with Crippen LogP contribution in [-0.2, 0) is 26.5 Å². The van der Waals surface area contributed by atoms with Crippen LogP contribution in [0.15, 0.2) is 164 Å². The highest BCUT2D eigenvalue weighted by Gasteiger charge is 2.29. The first-order valence-corrected chi connectivity index (χ1v) is 24.3.